The van der Waals surface area contributed by atoms with Crippen LogP contribution >= 0.6 is 0 Å². The van der Waals surface area contributed by atoms with Crippen LogP contribution in [0.1, 0.15) is 69.5 Å². The molecule has 142 valence electrons. The number of nitrogens with zero attached hydrogens (tertiary/aromatic N) is 3. The maximum atomic E-state index is 9.91. The number of ether oxygens (including phenoxy) is 1. The molecule has 1 aromatic heterocycles. The highest BCUT2D eigenvalue weighted by molar-refractivity contribution is 5.38. The Kier molecular flexibility index (Phi) is 6.10. The van der Waals surface area contributed by atoms with Gasteiger partial charge in [-0.15, -0.1) is 0 Å². The van der Waals surface area contributed by atoms with Gasteiger partial charge in [0.05, 0.1) is 29.7 Å². The number of hydrogen-bond donors (Lipinski definition) is 2. The van der Waals surface area contributed by atoms with Crippen molar-refractivity contribution < 1.29 is 9.84 Å². The van der Waals surface area contributed by atoms with Gasteiger partial charge in [-0.3, -0.25) is 0 Å². The molecule has 1 aromatic rings. The zero-order chi connectivity index (χ0) is 18.6. The van der Waals surface area contributed by atoms with E-state index in [1.54, 1.807) is 13.3 Å². The molecule has 3 rings (SSSR count). The van der Waals surface area contributed by atoms with Gasteiger partial charge >= 0.3 is 0 Å². The summed E-state index contributed by atoms with van der Waals surface area (Å²) in [7, 11) is 1.78. The predicted octanol–water partition coefficient (Wildman–Crippen LogP) is 3.20. The third-order valence-electron chi connectivity index (χ3n) is 6.01. The monoisotopic (exact) mass is 358 g/mol. The van der Waals surface area contributed by atoms with Gasteiger partial charge in [0, 0.05) is 12.6 Å². The minimum absolute atomic E-state index is 0.0402. The average Bonchev–Trinajstić information content (AvgIpc) is 2.62. The summed E-state index contributed by atoms with van der Waals surface area (Å²) in [4.78, 5) is 9.05. The van der Waals surface area contributed by atoms with E-state index in [4.69, 9.17) is 4.74 Å². The second-order valence-corrected chi connectivity index (χ2v) is 8.18. The first-order valence-electron chi connectivity index (χ1n) is 9.76. The molecule has 2 atom stereocenters. The van der Waals surface area contributed by atoms with Crippen LogP contribution in [0.5, 0.6) is 0 Å². The number of hydrogen-bond acceptors (Lipinski definition) is 6. The summed E-state index contributed by atoms with van der Waals surface area (Å²) in [6, 6.07) is 2.22. The molecular formula is C20H30N4O2. The SMILES string of the molecule is COC1CCC(C)(Nc2ncc(C#N)c(CC3CCCC(O)C3)n2)CC1. The molecule has 6 heteroatoms. The van der Waals surface area contributed by atoms with Crippen molar-refractivity contribution in [1.29, 1.82) is 5.26 Å². The van der Waals surface area contributed by atoms with E-state index < -0.39 is 0 Å². The number of aliphatic hydroxyl groups is 1. The van der Waals surface area contributed by atoms with Crippen LogP contribution in [0, 0.1) is 17.2 Å². The van der Waals surface area contributed by atoms with Crippen LogP contribution in [-0.2, 0) is 11.2 Å². The number of nitriles is 1. The summed E-state index contributed by atoms with van der Waals surface area (Å²) in [6.45, 7) is 2.21. The smallest absolute Gasteiger partial charge is 0.223 e. The molecule has 0 spiro atoms. The molecule has 2 N–H and O–H groups in total. The molecule has 2 aliphatic rings. The Morgan fingerprint density at radius 1 is 1.35 bits per heavy atom. The van der Waals surface area contributed by atoms with Crippen LogP contribution in [0.4, 0.5) is 5.95 Å². The largest absolute Gasteiger partial charge is 0.393 e. The van der Waals surface area contributed by atoms with Crippen LogP contribution in [0.25, 0.3) is 0 Å². The average molecular weight is 358 g/mol. The molecule has 0 amide bonds. The van der Waals surface area contributed by atoms with Crippen molar-refractivity contribution >= 4 is 5.95 Å². The van der Waals surface area contributed by atoms with Gasteiger partial charge in [-0.25, -0.2) is 9.97 Å². The number of aliphatic hydroxyl groups excluding tert-OH is 1. The summed E-state index contributed by atoms with van der Waals surface area (Å²) in [5.74, 6) is 0.995. The van der Waals surface area contributed by atoms with Crippen molar-refractivity contribution in [2.24, 2.45) is 5.92 Å². The number of aromatic nitrogens is 2. The molecule has 0 radical (unpaired) electrons. The lowest BCUT2D eigenvalue weighted by Crippen LogP contribution is -2.41. The van der Waals surface area contributed by atoms with Crippen LogP contribution in [0.15, 0.2) is 6.20 Å². The van der Waals surface area contributed by atoms with Crippen molar-refractivity contribution in [2.75, 3.05) is 12.4 Å². The fourth-order valence-corrected chi connectivity index (χ4v) is 4.31. The zero-order valence-electron chi connectivity index (χ0n) is 15.9. The molecule has 0 aliphatic heterocycles. The Hall–Kier alpha value is -1.71. The highest BCUT2D eigenvalue weighted by Crippen LogP contribution is 2.32. The lowest BCUT2D eigenvalue weighted by molar-refractivity contribution is 0.0563. The Morgan fingerprint density at radius 3 is 2.77 bits per heavy atom. The summed E-state index contributed by atoms with van der Waals surface area (Å²) in [5.41, 5.74) is 1.31. The zero-order valence-corrected chi connectivity index (χ0v) is 15.9. The molecule has 26 heavy (non-hydrogen) atoms. The van der Waals surface area contributed by atoms with Crippen LogP contribution in [0.2, 0.25) is 0 Å². The van der Waals surface area contributed by atoms with Crippen molar-refractivity contribution in [3.05, 3.63) is 17.5 Å². The maximum absolute atomic E-state index is 9.91. The van der Waals surface area contributed by atoms with Crippen LogP contribution in [-0.4, -0.2) is 39.9 Å². The molecule has 6 nitrogen and oxygen atoms in total. The maximum Gasteiger partial charge on any atom is 0.223 e. The minimum Gasteiger partial charge on any atom is -0.393 e. The first kappa shape index (κ1) is 19.1. The molecule has 2 saturated carbocycles. The highest BCUT2D eigenvalue weighted by atomic mass is 16.5. The second kappa shape index (κ2) is 8.32. The topological polar surface area (TPSA) is 91.1 Å². The van der Waals surface area contributed by atoms with Gasteiger partial charge < -0.3 is 15.2 Å². The molecule has 0 aromatic carbocycles. The van der Waals surface area contributed by atoms with E-state index in [1.807, 2.05) is 0 Å². The summed E-state index contributed by atoms with van der Waals surface area (Å²) >= 11 is 0. The van der Waals surface area contributed by atoms with E-state index in [2.05, 4.69) is 28.3 Å². The Morgan fingerprint density at radius 2 is 2.12 bits per heavy atom. The summed E-state index contributed by atoms with van der Waals surface area (Å²) < 4.78 is 5.46. The molecule has 0 bridgehead atoms. The molecule has 2 unspecified atom stereocenters. The molecule has 2 fully saturated rings. The fourth-order valence-electron chi connectivity index (χ4n) is 4.31. The van der Waals surface area contributed by atoms with Crippen molar-refractivity contribution in [2.45, 2.75) is 82.5 Å². The van der Waals surface area contributed by atoms with E-state index in [-0.39, 0.29) is 11.6 Å². The predicted molar refractivity (Wildman–Crippen MR) is 99.7 cm³/mol. The van der Waals surface area contributed by atoms with Gasteiger partial charge in [0.25, 0.3) is 0 Å². The lowest BCUT2D eigenvalue weighted by atomic mass is 9.82. The normalized spacial score (nSPS) is 32.0. The van der Waals surface area contributed by atoms with Gasteiger partial charge in [0.1, 0.15) is 6.07 Å². The third-order valence-corrected chi connectivity index (χ3v) is 6.01. The third kappa shape index (κ3) is 4.72. The van der Waals surface area contributed by atoms with E-state index in [1.165, 1.54) is 0 Å². The van der Waals surface area contributed by atoms with E-state index in [9.17, 15) is 10.4 Å². The Balaban J connectivity index is 1.70. The number of nitrogens with one attached hydrogen (secondary N) is 1. The number of anilines is 1. The number of rotatable bonds is 5. The second-order valence-electron chi connectivity index (χ2n) is 8.18. The molecule has 0 saturated heterocycles. The lowest BCUT2D eigenvalue weighted by Gasteiger charge is -2.37. The van der Waals surface area contributed by atoms with E-state index in [0.717, 1.165) is 63.5 Å². The first-order valence-corrected chi connectivity index (χ1v) is 9.76. The van der Waals surface area contributed by atoms with Crippen LogP contribution < -0.4 is 5.32 Å². The molecular weight excluding hydrogens is 328 g/mol. The van der Waals surface area contributed by atoms with Gasteiger partial charge in [-0.1, -0.05) is 6.42 Å². The van der Waals surface area contributed by atoms with Gasteiger partial charge in [0.2, 0.25) is 5.95 Å². The van der Waals surface area contributed by atoms with Crippen molar-refractivity contribution in [3.8, 4) is 6.07 Å². The highest BCUT2D eigenvalue weighted by Gasteiger charge is 2.32. The van der Waals surface area contributed by atoms with E-state index in [0.29, 0.717) is 23.5 Å². The summed E-state index contributed by atoms with van der Waals surface area (Å²) in [5, 5.41) is 22.8. The molecule has 1 heterocycles. The quantitative estimate of drug-likeness (QED) is 0.840. The van der Waals surface area contributed by atoms with Gasteiger partial charge in [-0.05, 0) is 64.2 Å². The standard InChI is InChI=1S/C20H30N4O2/c1-20(8-6-17(26-2)7-9-20)24-19-22-13-15(12-21)18(23-19)11-14-4-3-5-16(25)10-14/h13-14,16-17,25H,3-11H2,1-2H3,(H,22,23,24). The van der Waals surface area contributed by atoms with Crippen molar-refractivity contribution in [1.82, 2.24) is 9.97 Å². The summed E-state index contributed by atoms with van der Waals surface area (Å²) in [6.07, 6.45) is 10.4. The first-order chi connectivity index (χ1) is 12.5. The fraction of sp³-hybridized carbons (Fsp3) is 0.750. The van der Waals surface area contributed by atoms with E-state index >= 15 is 0 Å². The van der Waals surface area contributed by atoms with Gasteiger partial charge in [-0.2, -0.15) is 5.26 Å². The minimum atomic E-state index is -0.214. The molecule has 2 aliphatic carbocycles. The van der Waals surface area contributed by atoms with Crippen molar-refractivity contribution in [3.63, 3.8) is 0 Å². The van der Waals surface area contributed by atoms with Crippen LogP contribution in [0.3, 0.4) is 0 Å². The number of methoxy groups -OCH3 is 1. The van der Waals surface area contributed by atoms with Gasteiger partial charge in [0.15, 0.2) is 0 Å². The Bertz CT molecular complexity index is 650. The Labute approximate surface area is 156 Å².